The predicted molar refractivity (Wildman–Crippen MR) is 86.0 cm³/mol. The summed E-state index contributed by atoms with van der Waals surface area (Å²) in [5.41, 5.74) is 4.29. The quantitative estimate of drug-likeness (QED) is 0.685. The van der Waals surface area contributed by atoms with Gasteiger partial charge in [0.15, 0.2) is 17.3 Å². The zero-order valence-electron chi connectivity index (χ0n) is 14.0. The van der Waals surface area contributed by atoms with Gasteiger partial charge in [-0.15, -0.1) is 0 Å². The van der Waals surface area contributed by atoms with Crippen LogP contribution in [0.1, 0.15) is 37.3 Å². The Morgan fingerprint density at radius 1 is 1.12 bits per heavy atom. The fourth-order valence-electron chi connectivity index (χ4n) is 5.15. The summed E-state index contributed by atoms with van der Waals surface area (Å²) in [6.07, 6.45) is 3.63. The molecule has 4 aliphatic heterocycles. The van der Waals surface area contributed by atoms with Gasteiger partial charge in [0.1, 0.15) is 6.10 Å². The third-order valence-corrected chi connectivity index (χ3v) is 6.06. The summed E-state index contributed by atoms with van der Waals surface area (Å²) in [5.74, 6) is 1.75. The first-order valence-corrected chi connectivity index (χ1v) is 8.81. The van der Waals surface area contributed by atoms with Crippen LogP contribution in [-0.2, 0) is 16.0 Å². The molecule has 5 atom stereocenters. The van der Waals surface area contributed by atoms with Gasteiger partial charge in [0.25, 0.3) is 0 Å². The van der Waals surface area contributed by atoms with Crippen LogP contribution >= 0.6 is 0 Å². The van der Waals surface area contributed by atoms with Gasteiger partial charge in [0.05, 0.1) is 6.10 Å². The van der Waals surface area contributed by atoms with Crippen LogP contribution in [0.25, 0.3) is 0 Å². The van der Waals surface area contributed by atoms with Gasteiger partial charge in [-0.05, 0) is 49.1 Å². The average Bonchev–Trinajstić information content (AvgIpc) is 3.18. The van der Waals surface area contributed by atoms with E-state index in [1.165, 1.54) is 16.7 Å². The summed E-state index contributed by atoms with van der Waals surface area (Å²) in [4.78, 5) is 2.59. The number of rotatable bonds is 0. The maximum absolute atomic E-state index is 6.12. The molecule has 4 heterocycles. The van der Waals surface area contributed by atoms with E-state index in [2.05, 4.69) is 23.1 Å². The first-order valence-electron chi connectivity index (χ1n) is 8.81. The van der Waals surface area contributed by atoms with Crippen molar-refractivity contribution in [3.8, 4) is 11.5 Å². The molecule has 1 unspecified atom stereocenters. The molecule has 1 aromatic carbocycles. The Kier molecular flexibility index (Phi) is 2.48. The van der Waals surface area contributed by atoms with E-state index < -0.39 is 5.79 Å². The molecule has 0 radical (unpaired) electrons. The van der Waals surface area contributed by atoms with Crippen LogP contribution in [0.15, 0.2) is 23.8 Å². The highest BCUT2D eigenvalue weighted by Gasteiger charge is 2.51. The lowest BCUT2D eigenvalue weighted by Gasteiger charge is -2.31. The Hall–Kier alpha value is -1.56. The van der Waals surface area contributed by atoms with Gasteiger partial charge in [-0.3, -0.25) is 4.90 Å². The van der Waals surface area contributed by atoms with Gasteiger partial charge in [-0.25, -0.2) is 0 Å². The lowest BCUT2D eigenvalue weighted by Crippen LogP contribution is -2.38. The minimum atomic E-state index is -0.473. The fourth-order valence-corrected chi connectivity index (χ4v) is 5.15. The number of ether oxygens (including phenoxy) is 4. The molecule has 0 N–H and O–H groups in total. The molecule has 2 bridgehead atoms. The van der Waals surface area contributed by atoms with Gasteiger partial charge in [-0.1, -0.05) is 6.08 Å². The maximum Gasteiger partial charge on any atom is 0.231 e. The molecule has 2 saturated heterocycles. The minimum absolute atomic E-state index is 0.0873. The molecule has 6 rings (SSSR count). The van der Waals surface area contributed by atoms with Crippen LogP contribution in [0, 0.1) is 0 Å². The van der Waals surface area contributed by atoms with Crippen molar-refractivity contribution < 1.29 is 18.9 Å². The predicted octanol–water partition coefficient (Wildman–Crippen LogP) is 2.55. The number of fused-ring (bicyclic) bond motifs is 9. The van der Waals surface area contributed by atoms with Crippen LogP contribution in [-0.4, -0.2) is 42.3 Å². The van der Waals surface area contributed by atoms with Crippen molar-refractivity contribution >= 4 is 0 Å². The first kappa shape index (κ1) is 13.7. The molecular weight excluding hydrogens is 306 g/mol. The number of nitrogens with zero attached hydrogens (tertiary/aromatic N) is 1. The molecule has 5 aliphatic rings. The fraction of sp³-hybridized carbons (Fsp3) is 0.579. The largest absolute Gasteiger partial charge is 0.454 e. The summed E-state index contributed by atoms with van der Waals surface area (Å²) < 4.78 is 23.4. The molecule has 1 aliphatic carbocycles. The van der Waals surface area contributed by atoms with E-state index >= 15 is 0 Å². The molecule has 0 saturated carbocycles. The van der Waals surface area contributed by atoms with Crippen molar-refractivity contribution in [3.63, 3.8) is 0 Å². The van der Waals surface area contributed by atoms with Crippen molar-refractivity contribution in [1.82, 2.24) is 4.90 Å². The van der Waals surface area contributed by atoms with E-state index in [0.717, 1.165) is 31.0 Å². The molecule has 5 heteroatoms. The van der Waals surface area contributed by atoms with Crippen molar-refractivity contribution in [3.05, 3.63) is 34.9 Å². The molecule has 0 amide bonds. The SMILES string of the molecule is CC1(C)O[C@H]2C=C3[C@H]4CN(Cc5cc6c(cc54)OCO6)[C@H]3C[C@H]2O1. The number of hydrogen-bond donors (Lipinski definition) is 0. The maximum atomic E-state index is 6.12. The van der Waals surface area contributed by atoms with Gasteiger partial charge >= 0.3 is 0 Å². The molecule has 0 aromatic heterocycles. The zero-order chi connectivity index (χ0) is 16.1. The Balaban J connectivity index is 1.43. The van der Waals surface area contributed by atoms with E-state index in [-0.39, 0.29) is 12.2 Å². The minimum Gasteiger partial charge on any atom is -0.454 e. The van der Waals surface area contributed by atoms with Crippen LogP contribution in [0.2, 0.25) is 0 Å². The lowest BCUT2D eigenvalue weighted by atomic mass is 9.82. The smallest absolute Gasteiger partial charge is 0.231 e. The van der Waals surface area contributed by atoms with Crippen molar-refractivity contribution in [2.75, 3.05) is 13.3 Å². The normalized spacial score (nSPS) is 39.9. The van der Waals surface area contributed by atoms with Crippen LogP contribution in [0.5, 0.6) is 11.5 Å². The highest BCUT2D eigenvalue weighted by Crippen LogP contribution is 2.51. The molecule has 126 valence electrons. The van der Waals surface area contributed by atoms with E-state index in [1.54, 1.807) is 0 Å². The van der Waals surface area contributed by atoms with Gasteiger partial charge in [0.2, 0.25) is 6.79 Å². The highest BCUT2D eigenvalue weighted by molar-refractivity contribution is 5.54. The molecule has 24 heavy (non-hydrogen) atoms. The number of hydrogen-bond acceptors (Lipinski definition) is 5. The summed E-state index contributed by atoms with van der Waals surface area (Å²) in [6.45, 7) is 6.42. The first-order chi connectivity index (χ1) is 11.6. The average molecular weight is 327 g/mol. The molecular formula is C19H21NO4. The van der Waals surface area contributed by atoms with E-state index in [0.29, 0.717) is 18.8 Å². The third kappa shape index (κ3) is 1.75. The summed E-state index contributed by atoms with van der Waals surface area (Å²) in [5, 5.41) is 0. The zero-order valence-corrected chi connectivity index (χ0v) is 14.0. The van der Waals surface area contributed by atoms with E-state index in [9.17, 15) is 0 Å². The van der Waals surface area contributed by atoms with Crippen LogP contribution in [0.3, 0.4) is 0 Å². The molecule has 1 aromatic rings. The Morgan fingerprint density at radius 3 is 2.83 bits per heavy atom. The Labute approximate surface area is 141 Å². The topological polar surface area (TPSA) is 40.2 Å². The summed E-state index contributed by atoms with van der Waals surface area (Å²) in [6, 6.07) is 4.84. The van der Waals surface area contributed by atoms with Crippen LogP contribution < -0.4 is 9.47 Å². The van der Waals surface area contributed by atoms with Crippen molar-refractivity contribution in [1.29, 1.82) is 0 Å². The second-order valence-corrected chi connectivity index (χ2v) is 7.94. The van der Waals surface area contributed by atoms with Gasteiger partial charge < -0.3 is 18.9 Å². The van der Waals surface area contributed by atoms with Crippen molar-refractivity contribution in [2.24, 2.45) is 0 Å². The standard InChI is InChI=1S/C19H21NO4/c1-19(2)23-17-5-12-13-8-20(14(12)6-18(17)24-19)7-10-3-15-16(4-11(10)13)22-9-21-15/h3-5,13-14,17-18H,6-9H2,1-2H3/t13-,14-,17-,18+/m0/s1. The molecule has 2 fully saturated rings. The monoisotopic (exact) mass is 327 g/mol. The third-order valence-electron chi connectivity index (χ3n) is 6.06. The Bertz CT molecular complexity index is 771. The van der Waals surface area contributed by atoms with Crippen molar-refractivity contribution in [2.45, 2.75) is 56.8 Å². The van der Waals surface area contributed by atoms with E-state index in [1.807, 2.05) is 13.8 Å². The van der Waals surface area contributed by atoms with Gasteiger partial charge in [0, 0.05) is 25.0 Å². The molecule has 0 spiro atoms. The highest BCUT2D eigenvalue weighted by atomic mass is 16.7. The second kappa shape index (κ2) is 4.34. The van der Waals surface area contributed by atoms with Crippen LogP contribution in [0.4, 0.5) is 0 Å². The van der Waals surface area contributed by atoms with E-state index in [4.69, 9.17) is 18.9 Å². The lowest BCUT2D eigenvalue weighted by molar-refractivity contribution is -0.143. The van der Waals surface area contributed by atoms with Gasteiger partial charge in [-0.2, -0.15) is 0 Å². The Morgan fingerprint density at radius 2 is 1.96 bits per heavy atom. The summed E-state index contributed by atoms with van der Waals surface area (Å²) >= 11 is 0. The molecule has 5 nitrogen and oxygen atoms in total. The number of benzene rings is 1. The second-order valence-electron chi connectivity index (χ2n) is 7.94. The summed E-state index contributed by atoms with van der Waals surface area (Å²) in [7, 11) is 0.